The molecule has 1 aliphatic rings. The molecule has 2 rings (SSSR count). The van der Waals surface area contributed by atoms with Gasteiger partial charge in [-0.3, -0.25) is 4.90 Å². The average Bonchev–Trinajstić information content (AvgIpc) is 2.24. The van der Waals surface area contributed by atoms with E-state index in [9.17, 15) is 4.79 Å². The number of nitrogens with two attached hydrogens (primary N) is 1. The summed E-state index contributed by atoms with van der Waals surface area (Å²) in [6, 6.07) is 3.52. The zero-order chi connectivity index (χ0) is 10.8. The van der Waals surface area contributed by atoms with E-state index in [1.54, 1.807) is 35.2 Å². The molecule has 1 saturated heterocycles. The summed E-state index contributed by atoms with van der Waals surface area (Å²) in [5, 5.41) is 0. The molecular formula is C10H14N4O. The summed E-state index contributed by atoms with van der Waals surface area (Å²) >= 11 is 0. The molecule has 80 valence electrons. The Hall–Kier alpha value is -1.78. The van der Waals surface area contributed by atoms with E-state index in [4.69, 9.17) is 5.73 Å². The van der Waals surface area contributed by atoms with Crippen molar-refractivity contribution in [3.63, 3.8) is 0 Å². The molecule has 5 nitrogen and oxygen atoms in total. The van der Waals surface area contributed by atoms with Gasteiger partial charge < -0.3 is 10.6 Å². The van der Waals surface area contributed by atoms with Crippen LogP contribution in [0.5, 0.6) is 0 Å². The SMILES string of the molecule is CN1CCCN(c2ccc(N)cn2)C1=O. The van der Waals surface area contributed by atoms with Crippen LogP contribution in [0.1, 0.15) is 6.42 Å². The summed E-state index contributed by atoms with van der Waals surface area (Å²) in [4.78, 5) is 19.3. The number of nitrogens with zero attached hydrogens (tertiary/aromatic N) is 3. The molecule has 1 aliphatic heterocycles. The van der Waals surface area contributed by atoms with Crippen LogP contribution in [0.25, 0.3) is 0 Å². The third-order valence-corrected chi connectivity index (χ3v) is 2.48. The van der Waals surface area contributed by atoms with Gasteiger partial charge in [0.15, 0.2) is 0 Å². The van der Waals surface area contributed by atoms with Gasteiger partial charge in [-0.1, -0.05) is 0 Å². The van der Waals surface area contributed by atoms with E-state index in [1.807, 2.05) is 0 Å². The van der Waals surface area contributed by atoms with Crippen LogP contribution in [0.3, 0.4) is 0 Å². The van der Waals surface area contributed by atoms with Gasteiger partial charge in [0.1, 0.15) is 5.82 Å². The smallest absolute Gasteiger partial charge is 0.325 e. The van der Waals surface area contributed by atoms with Crippen LogP contribution in [0, 0.1) is 0 Å². The van der Waals surface area contributed by atoms with Crippen molar-refractivity contribution in [3.8, 4) is 0 Å². The second-order valence-electron chi connectivity index (χ2n) is 3.66. The first kappa shape index (κ1) is 9.76. The molecule has 0 aromatic carbocycles. The van der Waals surface area contributed by atoms with Crippen molar-refractivity contribution in [2.75, 3.05) is 30.8 Å². The molecular weight excluding hydrogens is 192 g/mol. The van der Waals surface area contributed by atoms with Crippen molar-refractivity contribution in [2.45, 2.75) is 6.42 Å². The molecule has 0 saturated carbocycles. The summed E-state index contributed by atoms with van der Waals surface area (Å²) in [7, 11) is 1.80. The highest BCUT2D eigenvalue weighted by Gasteiger charge is 2.24. The van der Waals surface area contributed by atoms with Crippen molar-refractivity contribution in [3.05, 3.63) is 18.3 Å². The largest absolute Gasteiger partial charge is 0.397 e. The van der Waals surface area contributed by atoms with E-state index in [2.05, 4.69) is 4.98 Å². The Morgan fingerprint density at radius 3 is 2.87 bits per heavy atom. The van der Waals surface area contributed by atoms with Crippen LogP contribution >= 0.6 is 0 Å². The normalized spacial score (nSPS) is 17.0. The van der Waals surface area contributed by atoms with Gasteiger partial charge in [-0.05, 0) is 18.6 Å². The lowest BCUT2D eigenvalue weighted by Crippen LogP contribution is -2.47. The molecule has 15 heavy (non-hydrogen) atoms. The number of nitrogen functional groups attached to an aromatic ring is 1. The van der Waals surface area contributed by atoms with Gasteiger partial charge >= 0.3 is 6.03 Å². The van der Waals surface area contributed by atoms with Crippen molar-refractivity contribution >= 4 is 17.5 Å². The van der Waals surface area contributed by atoms with Crippen molar-refractivity contribution < 1.29 is 4.79 Å². The second-order valence-corrected chi connectivity index (χ2v) is 3.66. The Balaban J connectivity index is 2.22. The fourth-order valence-electron chi connectivity index (χ4n) is 1.63. The van der Waals surface area contributed by atoms with Gasteiger partial charge in [0, 0.05) is 20.1 Å². The van der Waals surface area contributed by atoms with E-state index < -0.39 is 0 Å². The summed E-state index contributed by atoms with van der Waals surface area (Å²) in [5.74, 6) is 0.667. The van der Waals surface area contributed by atoms with Crippen LogP contribution in [0.15, 0.2) is 18.3 Å². The molecule has 2 amide bonds. The van der Waals surface area contributed by atoms with E-state index >= 15 is 0 Å². The molecule has 0 spiro atoms. The summed E-state index contributed by atoms with van der Waals surface area (Å²) < 4.78 is 0. The standard InChI is InChI=1S/C10H14N4O/c1-13-5-2-6-14(10(13)15)9-4-3-8(11)7-12-9/h3-4,7H,2,5-6,11H2,1H3. The molecule has 2 heterocycles. The number of hydrogen-bond donors (Lipinski definition) is 1. The van der Waals surface area contributed by atoms with Crippen LogP contribution in [-0.4, -0.2) is 36.1 Å². The van der Waals surface area contributed by atoms with E-state index in [0.717, 1.165) is 19.5 Å². The molecule has 5 heteroatoms. The first-order valence-electron chi connectivity index (χ1n) is 4.92. The molecule has 2 N–H and O–H groups in total. The first-order valence-corrected chi connectivity index (χ1v) is 4.92. The van der Waals surface area contributed by atoms with Crippen molar-refractivity contribution in [2.24, 2.45) is 0 Å². The Morgan fingerprint density at radius 1 is 1.40 bits per heavy atom. The minimum atomic E-state index is -0.00137. The minimum absolute atomic E-state index is 0.00137. The number of carbonyl (C=O) groups excluding carboxylic acids is 1. The highest BCUT2D eigenvalue weighted by molar-refractivity contribution is 5.91. The molecule has 0 atom stereocenters. The third-order valence-electron chi connectivity index (χ3n) is 2.48. The molecule has 1 aromatic rings. The number of pyridine rings is 1. The quantitative estimate of drug-likeness (QED) is 0.743. The van der Waals surface area contributed by atoms with Crippen LogP contribution in [0.2, 0.25) is 0 Å². The Bertz CT molecular complexity index is 362. The molecule has 0 bridgehead atoms. The average molecular weight is 206 g/mol. The minimum Gasteiger partial charge on any atom is -0.397 e. The van der Waals surface area contributed by atoms with Gasteiger partial charge in [-0.15, -0.1) is 0 Å². The van der Waals surface area contributed by atoms with Gasteiger partial charge in [-0.2, -0.15) is 0 Å². The topological polar surface area (TPSA) is 62.5 Å². The number of hydrogen-bond acceptors (Lipinski definition) is 3. The number of anilines is 2. The summed E-state index contributed by atoms with van der Waals surface area (Å²) in [5.41, 5.74) is 6.15. The highest BCUT2D eigenvalue weighted by atomic mass is 16.2. The van der Waals surface area contributed by atoms with Gasteiger partial charge in [0.2, 0.25) is 0 Å². The van der Waals surface area contributed by atoms with E-state index in [1.165, 1.54) is 0 Å². The van der Waals surface area contributed by atoms with Crippen molar-refractivity contribution in [1.29, 1.82) is 0 Å². The number of aromatic nitrogens is 1. The molecule has 0 radical (unpaired) electrons. The third kappa shape index (κ3) is 1.86. The molecule has 0 unspecified atom stereocenters. The lowest BCUT2D eigenvalue weighted by Gasteiger charge is -2.32. The lowest BCUT2D eigenvalue weighted by molar-refractivity contribution is 0.207. The van der Waals surface area contributed by atoms with Crippen molar-refractivity contribution in [1.82, 2.24) is 9.88 Å². The monoisotopic (exact) mass is 206 g/mol. The lowest BCUT2D eigenvalue weighted by atomic mass is 10.3. The fraction of sp³-hybridized carbons (Fsp3) is 0.400. The number of carbonyl (C=O) groups is 1. The summed E-state index contributed by atoms with van der Waals surface area (Å²) in [6.45, 7) is 1.53. The zero-order valence-electron chi connectivity index (χ0n) is 8.68. The first-order chi connectivity index (χ1) is 7.18. The van der Waals surface area contributed by atoms with Crippen LogP contribution < -0.4 is 10.6 Å². The predicted octanol–water partition coefficient (Wildman–Crippen LogP) is 0.926. The number of amides is 2. The summed E-state index contributed by atoms with van der Waals surface area (Å²) in [6.07, 6.45) is 2.53. The van der Waals surface area contributed by atoms with Crippen LogP contribution in [0.4, 0.5) is 16.3 Å². The highest BCUT2D eigenvalue weighted by Crippen LogP contribution is 2.17. The zero-order valence-corrected chi connectivity index (χ0v) is 8.68. The number of rotatable bonds is 1. The van der Waals surface area contributed by atoms with Gasteiger partial charge in [0.25, 0.3) is 0 Å². The second kappa shape index (κ2) is 3.76. The Kier molecular flexibility index (Phi) is 2.45. The van der Waals surface area contributed by atoms with E-state index in [0.29, 0.717) is 11.5 Å². The maximum Gasteiger partial charge on any atom is 0.325 e. The fourth-order valence-corrected chi connectivity index (χ4v) is 1.63. The van der Waals surface area contributed by atoms with Gasteiger partial charge in [-0.25, -0.2) is 9.78 Å². The number of urea groups is 1. The maximum absolute atomic E-state index is 11.8. The van der Waals surface area contributed by atoms with Crippen LogP contribution in [-0.2, 0) is 0 Å². The molecule has 1 aromatic heterocycles. The Morgan fingerprint density at radius 2 is 2.20 bits per heavy atom. The van der Waals surface area contributed by atoms with Gasteiger partial charge in [0.05, 0.1) is 11.9 Å². The van der Waals surface area contributed by atoms with E-state index in [-0.39, 0.29) is 6.03 Å². The molecule has 0 aliphatic carbocycles. The predicted molar refractivity (Wildman–Crippen MR) is 58.6 cm³/mol. The Labute approximate surface area is 88.5 Å². The molecule has 1 fully saturated rings. The maximum atomic E-state index is 11.8.